The molecule has 1 aromatic rings. The van der Waals surface area contributed by atoms with Gasteiger partial charge in [-0.25, -0.2) is 0 Å². The summed E-state index contributed by atoms with van der Waals surface area (Å²) in [6.45, 7) is 9.20. The number of unbranched alkanes of at least 4 members (excludes halogenated alkanes) is 15. The Bertz CT molecular complexity index is 1350. The van der Waals surface area contributed by atoms with Crippen LogP contribution >= 0.6 is 7.60 Å². The van der Waals surface area contributed by atoms with Crippen LogP contribution in [-0.4, -0.2) is 172 Å². The Morgan fingerprint density at radius 2 is 1.12 bits per heavy atom. The second-order valence-electron chi connectivity index (χ2n) is 18.6. The number of hydrogen-bond acceptors (Lipinski definition) is 10. The molecular weight excluding hydrogens is 782 g/mol. The maximum Gasteiger partial charge on any atom is 0.361 e. The summed E-state index contributed by atoms with van der Waals surface area (Å²) in [6, 6.07) is 7.83. The van der Waals surface area contributed by atoms with Crippen LogP contribution in [-0.2, 0) is 29.6 Å². The van der Waals surface area contributed by atoms with Gasteiger partial charge in [0, 0.05) is 58.9 Å². The maximum absolute atomic E-state index is 14.4. The van der Waals surface area contributed by atoms with E-state index in [-0.39, 0.29) is 25.6 Å². The number of fused-ring (bicyclic) bond motifs is 3. The van der Waals surface area contributed by atoms with Gasteiger partial charge in [0.15, 0.2) is 0 Å². The lowest BCUT2D eigenvalue weighted by atomic mass is 9.97. The zero-order valence-corrected chi connectivity index (χ0v) is 38.9. The highest BCUT2D eigenvalue weighted by molar-refractivity contribution is 7.62. The lowest BCUT2D eigenvalue weighted by molar-refractivity contribution is -0.870. The molecule has 60 heavy (non-hydrogen) atoms. The van der Waals surface area contributed by atoms with E-state index in [1.807, 2.05) is 29.2 Å². The molecule has 4 atom stereocenters. The van der Waals surface area contributed by atoms with Gasteiger partial charge in [0.1, 0.15) is 13.2 Å². The van der Waals surface area contributed by atoms with Crippen molar-refractivity contribution in [3.8, 4) is 0 Å². The fourth-order valence-corrected chi connectivity index (χ4v) is 10.0. The first-order chi connectivity index (χ1) is 28.8. The van der Waals surface area contributed by atoms with Crippen molar-refractivity contribution in [2.75, 3.05) is 126 Å². The monoisotopic (exact) mass is 866 g/mol. The SMILES string of the molecule is C[N+](C)(C)CCOP(=O)(OCCCCCCCCCCCCCCCCCC[O-])c1ccc(CC2CN3CCN(CCCN(CC(=O)O)CC3)CCN(CC(=O)O)C2)cc1. The fraction of sp³-hybridized carbons (Fsp3) is 0.826. The largest absolute Gasteiger partial charge is 0.854 e. The van der Waals surface area contributed by atoms with Crippen molar-refractivity contribution >= 4 is 24.8 Å². The molecule has 346 valence electrons. The number of carbonyl (C=O) groups is 2. The van der Waals surface area contributed by atoms with E-state index in [0.717, 1.165) is 96.3 Å². The summed E-state index contributed by atoms with van der Waals surface area (Å²) in [6.07, 6.45) is 20.8. The average molecular weight is 866 g/mol. The zero-order chi connectivity index (χ0) is 43.5. The maximum atomic E-state index is 14.4. The summed E-state index contributed by atoms with van der Waals surface area (Å²) in [7, 11) is 2.70. The summed E-state index contributed by atoms with van der Waals surface area (Å²) < 4.78 is 27.4. The van der Waals surface area contributed by atoms with Crippen molar-refractivity contribution in [1.82, 2.24) is 19.6 Å². The molecular formula is C46H84N5O8P. The van der Waals surface area contributed by atoms with Crippen molar-refractivity contribution in [2.24, 2.45) is 5.92 Å². The molecule has 2 aliphatic heterocycles. The highest BCUT2D eigenvalue weighted by Gasteiger charge is 2.30. The van der Waals surface area contributed by atoms with Gasteiger partial charge >= 0.3 is 19.5 Å². The van der Waals surface area contributed by atoms with Crippen molar-refractivity contribution < 1.29 is 43.0 Å². The van der Waals surface area contributed by atoms with Gasteiger partial charge in [0.2, 0.25) is 0 Å². The molecule has 2 saturated heterocycles. The molecule has 2 fully saturated rings. The molecule has 2 bridgehead atoms. The molecule has 14 heteroatoms. The van der Waals surface area contributed by atoms with Crippen LogP contribution in [0.4, 0.5) is 0 Å². The third-order valence-corrected chi connectivity index (χ3v) is 14.0. The number of aliphatic carboxylic acids is 2. The topological polar surface area (TPSA) is 146 Å². The first kappa shape index (κ1) is 52.4. The van der Waals surface area contributed by atoms with Crippen LogP contribution in [0.3, 0.4) is 0 Å². The van der Waals surface area contributed by atoms with Gasteiger partial charge < -0.3 is 34.1 Å². The zero-order valence-electron chi connectivity index (χ0n) is 38.0. The molecule has 2 aliphatic rings. The van der Waals surface area contributed by atoms with Crippen molar-refractivity contribution in [2.45, 2.75) is 116 Å². The highest BCUT2D eigenvalue weighted by Crippen LogP contribution is 2.47. The Hall–Kier alpha value is -1.93. The number of hydrogen-bond donors (Lipinski definition) is 2. The van der Waals surface area contributed by atoms with E-state index >= 15 is 0 Å². The van der Waals surface area contributed by atoms with Crippen LogP contribution in [0.1, 0.15) is 115 Å². The molecule has 4 unspecified atom stereocenters. The summed E-state index contributed by atoms with van der Waals surface area (Å²) in [5.74, 6) is -1.48. The minimum absolute atomic E-state index is 0.00531. The Labute approximate surface area is 363 Å². The Kier molecular flexibility index (Phi) is 26.4. The molecule has 2 heterocycles. The normalized spacial score (nSPS) is 21.1. The molecule has 0 saturated carbocycles. The summed E-state index contributed by atoms with van der Waals surface area (Å²) >= 11 is 0. The number of carboxylic acids is 2. The number of carboxylic acid groups (broad SMARTS) is 2. The summed E-state index contributed by atoms with van der Waals surface area (Å²) in [5, 5.41) is 30.4. The van der Waals surface area contributed by atoms with Crippen LogP contribution in [0.5, 0.6) is 0 Å². The molecule has 0 radical (unpaired) electrons. The van der Waals surface area contributed by atoms with E-state index in [1.54, 1.807) is 0 Å². The first-order valence-electron chi connectivity index (χ1n) is 23.6. The third kappa shape index (κ3) is 24.1. The van der Waals surface area contributed by atoms with E-state index in [1.165, 1.54) is 70.6 Å². The number of benzene rings is 1. The number of rotatable bonds is 30. The van der Waals surface area contributed by atoms with Gasteiger partial charge in [-0.15, -0.1) is 6.61 Å². The molecule has 0 aliphatic carbocycles. The number of quaternary nitrogens is 1. The predicted molar refractivity (Wildman–Crippen MR) is 240 cm³/mol. The molecule has 2 N–H and O–H groups in total. The molecule has 0 spiro atoms. The average Bonchev–Trinajstić information content (AvgIpc) is 3.19. The van der Waals surface area contributed by atoms with Gasteiger partial charge in [0.25, 0.3) is 0 Å². The second kappa shape index (κ2) is 30.2. The van der Waals surface area contributed by atoms with Crippen molar-refractivity contribution in [3.05, 3.63) is 29.8 Å². The standard InChI is InChI=1S/C46H84N5O8P/c1-51(2,3)33-36-59-60(57,58-35-19-17-15-13-11-9-7-5-4-6-8-10-12-14-16-18-34-52)44-23-21-42(22-24-44)37-43-38-49-29-27-47(28-32-50(39-43)41-46(55)56)25-20-26-48(30-31-49)40-45(53)54/h21-24,43H,4-20,25-41H2,1-3H3,(H,53,54)(H,55,56). The van der Waals surface area contributed by atoms with Crippen molar-refractivity contribution in [3.63, 3.8) is 0 Å². The smallest absolute Gasteiger partial charge is 0.361 e. The van der Waals surface area contributed by atoms with Gasteiger partial charge in [-0.2, -0.15) is 0 Å². The molecule has 13 nitrogen and oxygen atoms in total. The van der Waals surface area contributed by atoms with Gasteiger partial charge in [-0.1, -0.05) is 108 Å². The second-order valence-corrected chi connectivity index (χ2v) is 20.6. The fourth-order valence-electron chi connectivity index (χ4n) is 8.43. The van der Waals surface area contributed by atoms with E-state index in [2.05, 4.69) is 35.8 Å². The quantitative estimate of drug-likeness (QED) is 0.0548. The predicted octanol–water partition coefficient (Wildman–Crippen LogP) is 5.80. The van der Waals surface area contributed by atoms with E-state index in [9.17, 15) is 29.5 Å². The minimum atomic E-state index is -3.56. The molecule has 1 aromatic carbocycles. The van der Waals surface area contributed by atoms with E-state index in [4.69, 9.17) is 9.05 Å². The molecule has 3 rings (SSSR count). The van der Waals surface area contributed by atoms with Gasteiger partial charge in [-0.3, -0.25) is 28.5 Å². The first-order valence-corrected chi connectivity index (χ1v) is 25.1. The van der Waals surface area contributed by atoms with Gasteiger partial charge in [0.05, 0.1) is 46.1 Å². The van der Waals surface area contributed by atoms with Crippen LogP contribution in [0.2, 0.25) is 0 Å². The highest BCUT2D eigenvalue weighted by atomic mass is 31.2. The van der Waals surface area contributed by atoms with Crippen LogP contribution in [0.25, 0.3) is 0 Å². The molecule has 0 amide bonds. The van der Waals surface area contributed by atoms with Crippen LogP contribution in [0.15, 0.2) is 24.3 Å². The lowest BCUT2D eigenvalue weighted by Gasteiger charge is -2.38. The summed E-state index contributed by atoms with van der Waals surface area (Å²) in [4.78, 5) is 32.4. The van der Waals surface area contributed by atoms with E-state index < -0.39 is 19.5 Å². The van der Waals surface area contributed by atoms with E-state index in [0.29, 0.717) is 49.2 Å². The molecule has 0 aromatic heterocycles. The van der Waals surface area contributed by atoms with Crippen LogP contribution in [0, 0.1) is 5.92 Å². The minimum Gasteiger partial charge on any atom is -0.854 e. The lowest BCUT2D eigenvalue weighted by Crippen LogP contribution is -2.50. The Morgan fingerprint density at radius 3 is 1.68 bits per heavy atom. The number of nitrogens with zero attached hydrogens (tertiary/aromatic N) is 5. The van der Waals surface area contributed by atoms with Crippen molar-refractivity contribution in [1.29, 1.82) is 0 Å². The van der Waals surface area contributed by atoms with Gasteiger partial charge in [-0.05, 0) is 49.4 Å². The summed E-state index contributed by atoms with van der Waals surface area (Å²) in [5.41, 5.74) is 1.09. The third-order valence-electron chi connectivity index (χ3n) is 12.0. The van der Waals surface area contributed by atoms with Crippen LogP contribution < -0.4 is 10.4 Å². The Balaban J connectivity index is 1.53. The number of likely N-dealkylation sites (N-methyl/N-ethyl adjacent to an activating group) is 1. The Morgan fingerprint density at radius 1 is 0.633 bits per heavy atom.